The molecule has 0 unspecified atom stereocenters. The Morgan fingerprint density at radius 1 is 1.05 bits per heavy atom. The van der Waals surface area contributed by atoms with Crippen LogP contribution in [0.1, 0.15) is 31.2 Å². The monoisotopic (exact) mass is 272 g/mol. The summed E-state index contributed by atoms with van der Waals surface area (Å²) < 4.78 is 36.7. The molecule has 0 heterocycles. The lowest BCUT2D eigenvalue weighted by atomic mass is 9.91. The number of nitrogens with one attached hydrogen (secondary N) is 1. The molecule has 5 heteroatoms. The zero-order valence-electron chi connectivity index (χ0n) is 10.7. The van der Waals surface area contributed by atoms with E-state index in [0.717, 1.165) is 31.4 Å². The topological polar surface area (TPSA) is 38.0 Å². The first-order chi connectivity index (χ1) is 8.92. The van der Waals surface area contributed by atoms with Crippen LogP contribution < -0.4 is 11.1 Å². The zero-order chi connectivity index (χ0) is 13.9. The summed E-state index contributed by atoms with van der Waals surface area (Å²) in [5.74, 6) is 0. The van der Waals surface area contributed by atoms with E-state index in [2.05, 4.69) is 5.32 Å². The minimum atomic E-state index is -4.14. The lowest BCUT2D eigenvalue weighted by molar-refractivity contribution is -0.127. The van der Waals surface area contributed by atoms with Crippen LogP contribution in [0.15, 0.2) is 24.3 Å². The Labute approximate surface area is 111 Å². The van der Waals surface area contributed by atoms with Gasteiger partial charge in [0.2, 0.25) is 0 Å². The highest BCUT2D eigenvalue weighted by atomic mass is 19.4. The molecule has 1 aromatic carbocycles. The van der Waals surface area contributed by atoms with E-state index < -0.39 is 12.6 Å². The summed E-state index contributed by atoms with van der Waals surface area (Å²) in [6.07, 6.45) is -0.968. The van der Waals surface area contributed by atoms with Crippen LogP contribution in [0.4, 0.5) is 18.9 Å². The van der Waals surface area contributed by atoms with Gasteiger partial charge in [0.25, 0.3) is 0 Å². The first-order valence-corrected chi connectivity index (χ1v) is 6.60. The summed E-state index contributed by atoms with van der Waals surface area (Å²) in [5, 5.41) is 3.35. The Balaban J connectivity index is 1.88. The number of alkyl halides is 3. The van der Waals surface area contributed by atoms with Gasteiger partial charge in [-0.2, -0.15) is 13.2 Å². The van der Waals surface area contributed by atoms with Crippen molar-refractivity contribution in [1.29, 1.82) is 0 Å². The van der Waals surface area contributed by atoms with Crippen LogP contribution in [-0.2, 0) is 6.42 Å². The van der Waals surface area contributed by atoms with Crippen LogP contribution in [0, 0.1) is 0 Å². The molecule has 1 aromatic rings. The number of nitrogens with two attached hydrogens (primary N) is 1. The normalized spacial score (nSPS) is 24.2. The van der Waals surface area contributed by atoms with Crippen molar-refractivity contribution in [2.45, 2.75) is 50.4 Å². The minimum absolute atomic E-state index is 0.295. The largest absolute Gasteiger partial charge is 0.393 e. The van der Waals surface area contributed by atoms with Crippen molar-refractivity contribution in [3.8, 4) is 0 Å². The lowest BCUT2D eigenvalue weighted by Gasteiger charge is -2.27. The molecule has 2 nitrogen and oxygen atoms in total. The number of hydrogen-bond donors (Lipinski definition) is 2. The van der Waals surface area contributed by atoms with Crippen molar-refractivity contribution in [3.05, 3.63) is 29.8 Å². The molecule has 1 aliphatic rings. The van der Waals surface area contributed by atoms with Crippen LogP contribution in [0.2, 0.25) is 0 Å². The highest BCUT2D eigenvalue weighted by Crippen LogP contribution is 2.24. The van der Waals surface area contributed by atoms with Crippen molar-refractivity contribution in [1.82, 2.24) is 0 Å². The van der Waals surface area contributed by atoms with E-state index in [1.54, 1.807) is 12.1 Å². The molecular weight excluding hydrogens is 253 g/mol. The summed E-state index contributed by atoms with van der Waals surface area (Å²) in [6.45, 7) is 0. The smallest absolute Gasteiger partial charge is 0.382 e. The third kappa shape index (κ3) is 4.74. The quantitative estimate of drug-likeness (QED) is 0.884. The maximum Gasteiger partial charge on any atom is 0.393 e. The molecule has 19 heavy (non-hydrogen) atoms. The second-order valence-electron chi connectivity index (χ2n) is 5.24. The van der Waals surface area contributed by atoms with Crippen molar-refractivity contribution >= 4 is 5.69 Å². The fourth-order valence-corrected chi connectivity index (χ4v) is 2.45. The average Bonchev–Trinajstić information content (AvgIpc) is 2.33. The van der Waals surface area contributed by atoms with E-state index in [0.29, 0.717) is 17.6 Å². The third-order valence-electron chi connectivity index (χ3n) is 3.50. The van der Waals surface area contributed by atoms with Crippen molar-refractivity contribution in [2.24, 2.45) is 5.73 Å². The zero-order valence-corrected chi connectivity index (χ0v) is 10.7. The maximum absolute atomic E-state index is 12.2. The lowest BCUT2D eigenvalue weighted by Crippen LogP contribution is -2.32. The molecular formula is C14H19F3N2. The number of halogens is 3. The number of benzene rings is 1. The van der Waals surface area contributed by atoms with Gasteiger partial charge in [-0.1, -0.05) is 12.1 Å². The Hall–Kier alpha value is -1.23. The summed E-state index contributed by atoms with van der Waals surface area (Å²) in [4.78, 5) is 0. The molecule has 0 bridgehead atoms. The summed E-state index contributed by atoms with van der Waals surface area (Å²) in [5.41, 5.74) is 7.01. The first-order valence-electron chi connectivity index (χ1n) is 6.60. The average molecular weight is 272 g/mol. The molecule has 0 atom stereocenters. The van der Waals surface area contributed by atoms with Gasteiger partial charge in [0.1, 0.15) is 0 Å². The molecule has 0 spiro atoms. The van der Waals surface area contributed by atoms with E-state index in [1.165, 1.54) is 12.1 Å². The van der Waals surface area contributed by atoms with Gasteiger partial charge in [-0.25, -0.2) is 0 Å². The number of anilines is 1. The van der Waals surface area contributed by atoms with Crippen LogP contribution in [-0.4, -0.2) is 18.3 Å². The molecule has 0 aliphatic heterocycles. The molecule has 0 radical (unpaired) electrons. The van der Waals surface area contributed by atoms with Gasteiger partial charge >= 0.3 is 6.18 Å². The summed E-state index contributed by atoms with van der Waals surface area (Å²) >= 11 is 0. The molecule has 3 N–H and O–H groups in total. The molecule has 106 valence electrons. The Morgan fingerprint density at radius 3 is 2.16 bits per heavy atom. The fourth-order valence-electron chi connectivity index (χ4n) is 2.45. The van der Waals surface area contributed by atoms with Crippen molar-refractivity contribution in [2.75, 3.05) is 5.32 Å². The number of rotatable bonds is 3. The van der Waals surface area contributed by atoms with Gasteiger partial charge in [-0.05, 0) is 43.4 Å². The fraction of sp³-hybridized carbons (Fsp3) is 0.571. The predicted molar refractivity (Wildman–Crippen MR) is 70.1 cm³/mol. The standard InChI is InChI=1S/C14H19F3N2/c15-14(16,17)9-10-1-5-12(6-2-10)19-13-7-3-11(18)4-8-13/h1-2,5-6,11,13,19H,3-4,7-9,18H2. The molecule has 0 amide bonds. The molecule has 1 fully saturated rings. The van der Waals surface area contributed by atoms with E-state index in [9.17, 15) is 13.2 Å². The Kier molecular flexibility index (Phi) is 4.34. The van der Waals surface area contributed by atoms with E-state index in [1.807, 2.05) is 0 Å². The van der Waals surface area contributed by atoms with Crippen LogP contribution >= 0.6 is 0 Å². The first kappa shape index (κ1) is 14.2. The van der Waals surface area contributed by atoms with Crippen LogP contribution in [0.3, 0.4) is 0 Å². The van der Waals surface area contributed by atoms with Gasteiger partial charge in [-0.3, -0.25) is 0 Å². The van der Waals surface area contributed by atoms with E-state index in [4.69, 9.17) is 5.73 Å². The van der Waals surface area contributed by atoms with Gasteiger partial charge in [0, 0.05) is 17.8 Å². The Morgan fingerprint density at radius 2 is 1.63 bits per heavy atom. The molecule has 2 rings (SSSR count). The molecule has 0 aromatic heterocycles. The van der Waals surface area contributed by atoms with Gasteiger partial charge in [0.05, 0.1) is 6.42 Å². The SMILES string of the molecule is NC1CCC(Nc2ccc(CC(F)(F)F)cc2)CC1. The molecule has 1 aliphatic carbocycles. The van der Waals surface area contributed by atoms with Crippen molar-refractivity contribution in [3.63, 3.8) is 0 Å². The molecule has 1 saturated carbocycles. The van der Waals surface area contributed by atoms with Gasteiger partial charge < -0.3 is 11.1 Å². The second-order valence-corrected chi connectivity index (χ2v) is 5.24. The van der Waals surface area contributed by atoms with Crippen LogP contribution in [0.25, 0.3) is 0 Å². The van der Waals surface area contributed by atoms with Gasteiger partial charge in [-0.15, -0.1) is 0 Å². The van der Waals surface area contributed by atoms with Crippen molar-refractivity contribution < 1.29 is 13.2 Å². The highest BCUT2D eigenvalue weighted by molar-refractivity contribution is 5.45. The Bertz CT molecular complexity index is 392. The van der Waals surface area contributed by atoms with E-state index in [-0.39, 0.29) is 0 Å². The maximum atomic E-state index is 12.2. The van der Waals surface area contributed by atoms with Gasteiger partial charge in [0.15, 0.2) is 0 Å². The van der Waals surface area contributed by atoms with Crippen LogP contribution in [0.5, 0.6) is 0 Å². The second kappa shape index (κ2) is 5.82. The minimum Gasteiger partial charge on any atom is -0.382 e. The predicted octanol–water partition coefficient (Wildman–Crippen LogP) is 3.47. The van der Waals surface area contributed by atoms with E-state index >= 15 is 0 Å². The molecule has 0 saturated heterocycles. The number of hydrogen-bond acceptors (Lipinski definition) is 2. The summed E-state index contributed by atoms with van der Waals surface area (Å²) in [7, 11) is 0. The highest BCUT2D eigenvalue weighted by Gasteiger charge is 2.27. The third-order valence-corrected chi connectivity index (χ3v) is 3.50. The summed E-state index contributed by atoms with van der Waals surface area (Å²) in [6, 6.07) is 7.18.